The van der Waals surface area contributed by atoms with Gasteiger partial charge in [-0.15, -0.1) is 0 Å². The summed E-state index contributed by atoms with van der Waals surface area (Å²) >= 11 is 0. The number of hydrogen-bond donors (Lipinski definition) is 1. The van der Waals surface area contributed by atoms with E-state index in [1.165, 1.54) is 23.0 Å². The van der Waals surface area contributed by atoms with E-state index in [4.69, 9.17) is 0 Å². The Morgan fingerprint density at radius 2 is 2.00 bits per heavy atom. The molecule has 0 unspecified atom stereocenters. The predicted molar refractivity (Wildman–Crippen MR) is 76.6 cm³/mol. The molecule has 0 bridgehead atoms. The van der Waals surface area contributed by atoms with Crippen molar-refractivity contribution in [1.82, 2.24) is 14.9 Å². The lowest BCUT2D eigenvalue weighted by Gasteiger charge is -2.08. The van der Waals surface area contributed by atoms with Crippen LogP contribution in [0.2, 0.25) is 0 Å². The van der Waals surface area contributed by atoms with Crippen LogP contribution in [0.1, 0.15) is 23.0 Å². The van der Waals surface area contributed by atoms with Gasteiger partial charge in [-0.05, 0) is 18.6 Å². The van der Waals surface area contributed by atoms with Crippen molar-refractivity contribution in [1.29, 1.82) is 0 Å². The number of benzene rings is 1. The summed E-state index contributed by atoms with van der Waals surface area (Å²) in [6.45, 7) is 2.10. The summed E-state index contributed by atoms with van der Waals surface area (Å²) in [5.74, 6) is -2.71. The van der Waals surface area contributed by atoms with Crippen LogP contribution in [-0.2, 0) is 13.0 Å². The van der Waals surface area contributed by atoms with Crippen LogP contribution in [0.25, 0.3) is 0 Å². The van der Waals surface area contributed by atoms with Crippen molar-refractivity contribution in [2.75, 3.05) is 6.54 Å². The Hall–Kier alpha value is -2.57. The molecular formula is C15H15F2N3O2. The van der Waals surface area contributed by atoms with Gasteiger partial charge in [-0.3, -0.25) is 14.2 Å². The highest BCUT2D eigenvalue weighted by molar-refractivity contribution is 5.94. The van der Waals surface area contributed by atoms with Gasteiger partial charge in [0.2, 0.25) is 0 Å². The molecule has 0 aliphatic carbocycles. The van der Waals surface area contributed by atoms with Gasteiger partial charge in [-0.2, -0.15) is 0 Å². The minimum atomic E-state index is -0.927. The molecule has 2 aromatic rings. The van der Waals surface area contributed by atoms with E-state index in [1.54, 1.807) is 0 Å². The van der Waals surface area contributed by atoms with E-state index in [-0.39, 0.29) is 18.6 Å². The molecule has 1 N–H and O–H groups in total. The van der Waals surface area contributed by atoms with E-state index < -0.39 is 23.1 Å². The van der Waals surface area contributed by atoms with Crippen LogP contribution in [0.5, 0.6) is 0 Å². The maximum absolute atomic E-state index is 13.4. The van der Waals surface area contributed by atoms with Crippen molar-refractivity contribution < 1.29 is 13.6 Å². The summed E-state index contributed by atoms with van der Waals surface area (Å²) in [7, 11) is 0. The van der Waals surface area contributed by atoms with Crippen LogP contribution in [0.15, 0.2) is 35.4 Å². The summed E-state index contributed by atoms with van der Waals surface area (Å²) < 4.78 is 28.2. The molecule has 0 radical (unpaired) electrons. The van der Waals surface area contributed by atoms with Crippen LogP contribution in [0.4, 0.5) is 8.78 Å². The Balaban J connectivity index is 1.99. The van der Waals surface area contributed by atoms with Gasteiger partial charge in [-0.25, -0.2) is 13.8 Å². The van der Waals surface area contributed by atoms with Gasteiger partial charge in [0.15, 0.2) is 0 Å². The Morgan fingerprint density at radius 3 is 2.59 bits per heavy atom. The number of aryl methyl sites for hydroxylation is 1. The third-order valence-electron chi connectivity index (χ3n) is 3.13. The van der Waals surface area contributed by atoms with Crippen LogP contribution in [0, 0.1) is 11.6 Å². The van der Waals surface area contributed by atoms with Crippen molar-refractivity contribution in [3.63, 3.8) is 0 Å². The average Bonchev–Trinajstić information content (AvgIpc) is 2.48. The molecule has 5 nitrogen and oxygen atoms in total. The molecule has 22 heavy (non-hydrogen) atoms. The molecule has 1 amide bonds. The third-order valence-corrected chi connectivity index (χ3v) is 3.13. The van der Waals surface area contributed by atoms with Crippen molar-refractivity contribution in [2.45, 2.75) is 19.9 Å². The molecule has 7 heteroatoms. The highest BCUT2D eigenvalue weighted by atomic mass is 19.1. The minimum absolute atomic E-state index is 0.0552. The molecule has 0 aliphatic rings. The topological polar surface area (TPSA) is 64.0 Å². The molecule has 1 heterocycles. The summed E-state index contributed by atoms with van der Waals surface area (Å²) in [5, 5.41) is 2.38. The zero-order valence-corrected chi connectivity index (χ0v) is 12.0. The summed E-state index contributed by atoms with van der Waals surface area (Å²) in [4.78, 5) is 27.6. The van der Waals surface area contributed by atoms with Crippen LogP contribution in [0.3, 0.4) is 0 Å². The molecule has 0 saturated heterocycles. The fourth-order valence-electron chi connectivity index (χ4n) is 1.92. The number of halogens is 2. The second-order valence-corrected chi connectivity index (χ2v) is 4.62. The predicted octanol–water partition coefficient (Wildman–Crippen LogP) is 1.51. The van der Waals surface area contributed by atoms with Gasteiger partial charge in [-0.1, -0.05) is 13.0 Å². The Morgan fingerprint density at radius 1 is 1.32 bits per heavy atom. The molecule has 2 rings (SSSR count). The maximum atomic E-state index is 13.4. The first-order chi connectivity index (χ1) is 10.5. The fourth-order valence-corrected chi connectivity index (χ4v) is 1.92. The number of aromatic nitrogens is 2. The molecule has 116 valence electrons. The zero-order valence-electron chi connectivity index (χ0n) is 12.0. The molecule has 0 fully saturated rings. The molecule has 1 aromatic heterocycles. The Labute approximate surface area is 125 Å². The van der Waals surface area contributed by atoms with E-state index in [9.17, 15) is 18.4 Å². The number of hydrogen-bond acceptors (Lipinski definition) is 3. The zero-order chi connectivity index (χ0) is 16.1. The van der Waals surface area contributed by atoms with Crippen LogP contribution >= 0.6 is 0 Å². The monoisotopic (exact) mass is 307 g/mol. The Bertz CT molecular complexity index is 724. The standard InChI is InChI=1S/C15H15F2N3O2/c1-2-10-8-13(21)20(9-19-10)7-6-18-15(22)14-11(16)4-3-5-12(14)17/h3-5,8-9H,2,6-7H2,1H3,(H,18,22). The third kappa shape index (κ3) is 3.55. The second-order valence-electron chi connectivity index (χ2n) is 4.62. The normalized spacial score (nSPS) is 10.5. The molecular weight excluding hydrogens is 292 g/mol. The van der Waals surface area contributed by atoms with Gasteiger partial charge < -0.3 is 5.32 Å². The van der Waals surface area contributed by atoms with E-state index in [0.717, 1.165) is 12.1 Å². The number of nitrogens with zero attached hydrogens (tertiary/aromatic N) is 2. The lowest BCUT2D eigenvalue weighted by Crippen LogP contribution is -2.32. The first-order valence-electron chi connectivity index (χ1n) is 6.80. The van der Waals surface area contributed by atoms with E-state index in [1.807, 2.05) is 6.92 Å². The SMILES string of the molecule is CCc1cc(=O)n(CCNC(=O)c2c(F)cccc2F)cn1. The largest absolute Gasteiger partial charge is 0.350 e. The number of rotatable bonds is 5. The van der Waals surface area contributed by atoms with Crippen molar-refractivity contribution in [3.05, 3.63) is 63.8 Å². The molecule has 0 spiro atoms. The van der Waals surface area contributed by atoms with E-state index in [2.05, 4.69) is 10.3 Å². The highest BCUT2D eigenvalue weighted by Gasteiger charge is 2.16. The first-order valence-corrected chi connectivity index (χ1v) is 6.80. The van der Waals surface area contributed by atoms with Crippen molar-refractivity contribution >= 4 is 5.91 Å². The van der Waals surface area contributed by atoms with E-state index >= 15 is 0 Å². The lowest BCUT2D eigenvalue weighted by molar-refractivity contribution is 0.0943. The lowest BCUT2D eigenvalue weighted by atomic mass is 10.2. The molecule has 0 saturated carbocycles. The molecule has 0 atom stereocenters. The van der Waals surface area contributed by atoms with Gasteiger partial charge in [0.05, 0.1) is 6.33 Å². The number of nitrogens with one attached hydrogen (secondary N) is 1. The van der Waals surface area contributed by atoms with E-state index in [0.29, 0.717) is 12.1 Å². The van der Waals surface area contributed by atoms with Crippen LogP contribution in [-0.4, -0.2) is 22.0 Å². The summed E-state index contributed by atoms with van der Waals surface area (Å²) in [6.07, 6.45) is 2.04. The molecule has 0 aliphatic heterocycles. The smallest absolute Gasteiger partial charge is 0.257 e. The summed E-state index contributed by atoms with van der Waals surface area (Å²) in [5.41, 5.74) is -0.189. The van der Waals surface area contributed by atoms with Gasteiger partial charge in [0.25, 0.3) is 11.5 Å². The first kappa shape index (κ1) is 15.8. The summed E-state index contributed by atoms with van der Waals surface area (Å²) in [6, 6.07) is 4.62. The average molecular weight is 307 g/mol. The van der Waals surface area contributed by atoms with Crippen molar-refractivity contribution in [3.8, 4) is 0 Å². The number of carbonyl (C=O) groups is 1. The maximum Gasteiger partial charge on any atom is 0.257 e. The Kier molecular flexibility index (Phi) is 4.98. The van der Waals surface area contributed by atoms with Crippen LogP contribution < -0.4 is 10.9 Å². The molecule has 1 aromatic carbocycles. The minimum Gasteiger partial charge on any atom is -0.350 e. The number of amides is 1. The fraction of sp³-hybridized carbons (Fsp3) is 0.267. The van der Waals surface area contributed by atoms with Crippen molar-refractivity contribution in [2.24, 2.45) is 0 Å². The van der Waals surface area contributed by atoms with Gasteiger partial charge >= 0.3 is 0 Å². The number of carbonyl (C=O) groups excluding carboxylic acids is 1. The second kappa shape index (κ2) is 6.93. The quantitative estimate of drug-likeness (QED) is 0.911. The highest BCUT2D eigenvalue weighted by Crippen LogP contribution is 2.11. The van der Waals surface area contributed by atoms with Gasteiger partial charge in [0.1, 0.15) is 17.2 Å². The van der Waals surface area contributed by atoms with Gasteiger partial charge in [0, 0.05) is 24.8 Å².